The summed E-state index contributed by atoms with van der Waals surface area (Å²) in [4.78, 5) is 0. The lowest BCUT2D eigenvalue weighted by atomic mass is 9.94. The van der Waals surface area contributed by atoms with Gasteiger partial charge in [-0.2, -0.15) is 0 Å². The largest absolute Gasteiger partial charge is 0.395 e. The van der Waals surface area contributed by atoms with E-state index in [-0.39, 0.29) is 11.4 Å². The van der Waals surface area contributed by atoms with Crippen molar-refractivity contribution in [2.45, 2.75) is 30.2 Å². The summed E-state index contributed by atoms with van der Waals surface area (Å²) in [6, 6.07) is 0. The molecule has 2 fully saturated rings. The van der Waals surface area contributed by atoms with E-state index < -0.39 is 6.17 Å². The second-order valence-corrected chi connectivity index (χ2v) is 5.29. The van der Waals surface area contributed by atoms with E-state index in [2.05, 4.69) is 4.31 Å². The highest BCUT2D eigenvalue weighted by molar-refractivity contribution is 7.98. The fourth-order valence-electron chi connectivity index (χ4n) is 2.07. The average molecular weight is 191 g/mol. The highest BCUT2D eigenvalue weighted by Crippen LogP contribution is 2.45. The Morgan fingerprint density at radius 2 is 2.50 bits per heavy atom. The third kappa shape index (κ3) is 1.47. The number of halogens is 1. The SMILES string of the molecule is OC[C@]12CCCN(C[C@H](F)C1)S2. The van der Waals surface area contributed by atoms with Crippen molar-refractivity contribution in [1.82, 2.24) is 4.31 Å². The van der Waals surface area contributed by atoms with E-state index in [9.17, 15) is 9.50 Å². The predicted octanol–water partition coefficient (Wildman–Crippen LogP) is 1.20. The van der Waals surface area contributed by atoms with Crippen LogP contribution in [0.4, 0.5) is 4.39 Å². The van der Waals surface area contributed by atoms with Crippen LogP contribution in [0.15, 0.2) is 0 Å². The highest BCUT2D eigenvalue weighted by Gasteiger charge is 2.42. The first-order valence-electron chi connectivity index (χ1n) is 4.43. The minimum absolute atomic E-state index is 0.120. The van der Waals surface area contributed by atoms with Crippen LogP contribution in [0.25, 0.3) is 0 Å². The standard InChI is InChI=1S/C8H14FNOS/c9-7-4-8(6-11)2-1-3-10(5-7)12-8/h7,11H,1-6H2/t7-,8+/m1/s1. The molecule has 0 spiro atoms. The van der Waals surface area contributed by atoms with Crippen LogP contribution in [0.5, 0.6) is 0 Å². The van der Waals surface area contributed by atoms with Crippen LogP contribution < -0.4 is 0 Å². The van der Waals surface area contributed by atoms with Crippen molar-refractivity contribution >= 4 is 11.9 Å². The summed E-state index contributed by atoms with van der Waals surface area (Å²) in [6.45, 7) is 1.65. The minimum Gasteiger partial charge on any atom is -0.395 e. The van der Waals surface area contributed by atoms with Gasteiger partial charge >= 0.3 is 0 Å². The molecule has 0 amide bonds. The zero-order valence-electron chi connectivity index (χ0n) is 7.00. The summed E-state index contributed by atoms with van der Waals surface area (Å²) in [5.74, 6) is 0. The molecule has 4 heteroatoms. The van der Waals surface area contributed by atoms with Gasteiger partial charge in [0.2, 0.25) is 0 Å². The van der Waals surface area contributed by atoms with E-state index >= 15 is 0 Å². The molecular weight excluding hydrogens is 177 g/mol. The van der Waals surface area contributed by atoms with Gasteiger partial charge in [0.05, 0.1) is 11.4 Å². The summed E-state index contributed by atoms with van der Waals surface area (Å²) < 4.78 is 15.0. The number of hydrogen-bond acceptors (Lipinski definition) is 3. The number of fused-ring (bicyclic) bond motifs is 2. The zero-order chi connectivity index (χ0) is 8.60. The zero-order valence-corrected chi connectivity index (χ0v) is 7.82. The van der Waals surface area contributed by atoms with Crippen molar-refractivity contribution in [3.8, 4) is 0 Å². The minimum atomic E-state index is -0.737. The molecule has 1 unspecified atom stereocenters. The van der Waals surface area contributed by atoms with Crippen LogP contribution in [-0.2, 0) is 0 Å². The van der Waals surface area contributed by atoms with Crippen LogP contribution in [0.2, 0.25) is 0 Å². The maximum atomic E-state index is 13.2. The molecule has 2 saturated heterocycles. The molecule has 0 saturated carbocycles. The molecule has 70 valence electrons. The number of alkyl halides is 1. The third-order valence-electron chi connectivity index (χ3n) is 2.65. The predicted molar refractivity (Wildman–Crippen MR) is 47.7 cm³/mol. The number of rotatable bonds is 1. The Labute approximate surface area is 76.3 Å². The van der Waals surface area contributed by atoms with Crippen molar-refractivity contribution in [2.75, 3.05) is 19.7 Å². The van der Waals surface area contributed by atoms with Gasteiger partial charge in [-0.1, -0.05) is 11.9 Å². The maximum absolute atomic E-state index is 13.2. The first-order valence-corrected chi connectivity index (χ1v) is 5.20. The number of hydrogen-bond donors (Lipinski definition) is 1. The van der Waals surface area contributed by atoms with Crippen LogP contribution >= 0.6 is 11.9 Å². The Kier molecular flexibility index (Phi) is 2.31. The van der Waals surface area contributed by atoms with Crippen molar-refractivity contribution in [1.29, 1.82) is 0 Å². The van der Waals surface area contributed by atoms with Gasteiger partial charge in [-0.15, -0.1) is 0 Å². The van der Waals surface area contributed by atoms with E-state index in [1.54, 1.807) is 11.9 Å². The first-order chi connectivity index (χ1) is 5.74. The number of nitrogens with zero attached hydrogens (tertiary/aromatic N) is 1. The van der Waals surface area contributed by atoms with Gasteiger partial charge in [0.15, 0.2) is 0 Å². The second kappa shape index (κ2) is 3.16. The van der Waals surface area contributed by atoms with Crippen LogP contribution in [0, 0.1) is 0 Å². The van der Waals surface area contributed by atoms with Gasteiger partial charge in [0, 0.05) is 13.1 Å². The Bertz CT molecular complexity index is 176. The Hall–Kier alpha value is 0.200. The molecule has 2 bridgehead atoms. The van der Waals surface area contributed by atoms with Crippen molar-refractivity contribution in [3.05, 3.63) is 0 Å². The van der Waals surface area contributed by atoms with Crippen molar-refractivity contribution in [3.63, 3.8) is 0 Å². The van der Waals surface area contributed by atoms with Gasteiger partial charge in [-0.25, -0.2) is 8.70 Å². The summed E-state index contributed by atoms with van der Waals surface area (Å²) in [6.07, 6.45) is 1.86. The van der Waals surface area contributed by atoms with Crippen LogP contribution in [0.3, 0.4) is 0 Å². The van der Waals surface area contributed by atoms with E-state index in [4.69, 9.17) is 0 Å². The molecule has 2 aliphatic rings. The van der Waals surface area contributed by atoms with Gasteiger partial charge < -0.3 is 5.11 Å². The fraction of sp³-hybridized carbons (Fsp3) is 1.00. The topological polar surface area (TPSA) is 23.5 Å². The molecule has 0 aliphatic carbocycles. The Morgan fingerprint density at radius 1 is 1.67 bits per heavy atom. The second-order valence-electron chi connectivity index (χ2n) is 3.73. The number of aliphatic hydroxyl groups is 1. The molecular formula is C8H14FNOS. The summed E-state index contributed by atoms with van der Waals surface area (Å²) in [5, 5.41) is 9.20. The van der Waals surface area contributed by atoms with Crippen molar-refractivity contribution < 1.29 is 9.50 Å². The maximum Gasteiger partial charge on any atom is 0.115 e. The summed E-state index contributed by atoms with van der Waals surface area (Å²) >= 11 is 1.67. The van der Waals surface area contributed by atoms with Gasteiger partial charge in [0.1, 0.15) is 6.17 Å². The van der Waals surface area contributed by atoms with E-state index in [0.29, 0.717) is 13.0 Å². The van der Waals surface area contributed by atoms with E-state index in [0.717, 1.165) is 19.4 Å². The highest BCUT2D eigenvalue weighted by atomic mass is 32.2. The number of aliphatic hydroxyl groups excluding tert-OH is 1. The van der Waals surface area contributed by atoms with Gasteiger partial charge in [-0.3, -0.25) is 0 Å². The lowest BCUT2D eigenvalue weighted by Crippen LogP contribution is -2.49. The molecule has 0 radical (unpaired) electrons. The van der Waals surface area contributed by atoms with Crippen LogP contribution in [-0.4, -0.2) is 40.0 Å². The van der Waals surface area contributed by atoms with Crippen LogP contribution in [0.1, 0.15) is 19.3 Å². The molecule has 0 aromatic rings. The lowest BCUT2D eigenvalue weighted by Gasteiger charge is -2.46. The molecule has 2 heterocycles. The Balaban J connectivity index is 2.10. The smallest absolute Gasteiger partial charge is 0.115 e. The third-order valence-corrected chi connectivity index (χ3v) is 4.12. The molecule has 0 aromatic carbocycles. The molecule has 2 nitrogen and oxygen atoms in total. The monoisotopic (exact) mass is 191 g/mol. The molecule has 12 heavy (non-hydrogen) atoms. The quantitative estimate of drug-likeness (QED) is 0.630. The molecule has 2 aliphatic heterocycles. The summed E-state index contributed by atoms with van der Waals surface area (Å²) in [7, 11) is 0. The van der Waals surface area contributed by atoms with E-state index in [1.165, 1.54) is 0 Å². The first kappa shape index (κ1) is 8.78. The normalized spacial score (nSPS) is 47.5. The molecule has 3 atom stereocenters. The van der Waals surface area contributed by atoms with Gasteiger partial charge in [-0.05, 0) is 19.3 Å². The Morgan fingerprint density at radius 3 is 3.25 bits per heavy atom. The summed E-state index contributed by atoms with van der Waals surface area (Å²) in [5.41, 5.74) is 0. The molecule has 1 N–H and O–H groups in total. The molecule has 0 aromatic heterocycles. The van der Waals surface area contributed by atoms with Crippen molar-refractivity contribution in [2.24, 2.45) is 0 Å². The lowest BCUT2D eigenvalue weighted by molar-refractivity contribution is 0.139. The van der Waals surface area contributed by atoms with E-state index in [1.807, 2.05) is 0 Å². The van der Waals surface area contributed by atoms with Gasteiger partial charge in [0.25, 0.3) is 0 Å². The fourth-order valence-corrected chi connectivity index (χ4v) is 3.63. The average Bonchev–Trinajstić information content (AvgIpc) is 2.03. The molecule has 2 rings (SSSR count).